The van der Waals surface area contributed by atoms with Crippen LogP contribution in [0.5, 0.6) is 23.0 Å². The average Bonchev–Trinajstić information content (AvgIpc) is 3.36. The summed E-state index contributed by atoms with van der Waals surface area (Å²) in [4.78, 5) is 0. The SMILES string of the molecule is COc1cc([C@H]2OC[C@H]3[C@@H]2CO[C@H]3c2ccc(OCC=C(C)C)c(OC)c2)ccc1O. The van der Waals surface area contributed by atoms with E-state index in [0.29, 0.717) is 31.3 Å². The van der Waals surface area contributed by atoms with E-state index in [9.17, 15) is 5.11 Å². The lowest BCUT2D eigenvalue weighted by atomic mass is 9.85. The second-order valence-electron chi connectivity index (χ2n) is 8.27. The molecule has 166 valence electrons. The summed E-state index contributed by atoms with van der Waals surface area (Å²) in [7, 11) is 3.20. The highest BCUT2D eigenvalue weighted by Crippen LogP contribution is 2.51. The molecule has 1 N–H and O–H groups in total. The van der Waals surface area contributed by atoms with Crippen LogP contribution < -0.4 is 14.2 Å². The maximum absolute atomic E-state index is 9.89. The minimum Gasteiger partial charge on any atom is -0.504 e. The summed E-state index contributed by atoms with van der Waals surface area (Å²) >= 11 is 0. The number of phenols is 1. The number of hydrogen-bond donors (Lipinski definition) is 1. The molecule has 2 fully saturated rings. The lowest BCUT2D eigenvalue weighted by Gasteiger charge is -2.19. The molecule has 2 aromatic rings. The quantitative estimate of drug-likeness (QED) is 0.640. The van der Waals surface area contributed by atoms with Crippen molar-refractivity contribution in [3.8, 4) is 23.0 Å². The molecule has 0 bridgehead atoms. The molecule has 6 heteroatoms. The maximum atomic E-state index is 9.89. The van der Waals surface area contributed by atoms with Crippen molar-refractivity contribution >= 4 is 0 Å². The molecule has 2 heterocycles. The molecule has 0 saturated carbocycles. The second kappa shape index (κ2) is 9.20. The van der Waals surface area contributed by atoms with E-state index in [4.69, 9.17) is 23.7 Å². The zero-order chi connectivity index (χ0) is 22.0. The summed E-state index contributed by atoms with van der Waals surface area (Å²) in [5.41, 5.74) is 3.27. The summed E-state index contributed by atoms with van der Waals surface area (Å²) < 4.78 is 29.1. The first-order valence-corrected chi connectivity index (χ1v) is 10.6. The van der Waals surface area contributed by atoms with Crippen LogP contribution in [0.4, 0.5) is 0 Å². The first-order valence-electron chi connectivity index (χ1n) is 10.6. The number of hydrogen-bond acceptors (Lipinski definition) is 6. The summed E-state index contributed by atoms with van der Waals surface area (Å²) in [6.07, 6.45) is 1.89. The molecule has 31 heavy (non-hydrogen) atoms. The molecular weight excluding hydrogens is 396 g/mol. The molecule has 0 spiro atoms. The number of phenolic OH excluding ortho intramolecular Hbond substituents is 1. The van der Waals surface area contributed by atoms with Gasteiger partial charge in [-0.05, 0) is 55.3 Å². The average molecular weight is 427 g/mol. The molecule has 0 amide bonds. The molecule has 2 aliphatic rings. The Morgan fingerprint density at radius 2 is 1.48 bits per heavy atom. The molecule has 0 radical (unpaired) electrons. The van der Waals surface area contributed by atoms with E-state index in [-0.39, 0.29) is 29.8 Å². The van der Waals surface area contributed by atoms with E-state index >= 15 is 0 Å². The van der Waals surface area contributed by atoms with Gasteiger partial charge in [0.1, 0.15) is 6.61 Å². The van der Waals surface area contributed by atoms with Gasteiger partial charge in [-0.3, -0.25) is 0 Å². The molecule has 2 aliphatic heterocycles. The summed E-state index contributed by atoms with van der Waals surface area (Å²) in [6, 6.07) is 11.4. The van der Waals surface area contributed by atoms with E-state index in [1.165, 1.54) is 5.57 Å². The number of rotatable bonds is 7. The van der Waals surface area contributed by atoms with Crippen LogP contribution in [-0.2, 0) is 9.47 Å². The molecule has 0 aromatic heterocycles. The highest BCUT2D eigenvalue weighted by atomic mass is 16.5. The molecule has 4 atom stereocenters. The van der Waals surface area contributed by atoms with Crippen LogP contribution in [0, 0.1) is 11.8 Å². The van der Waals surface area contributed by atoms with Crippen molar-refractivity contribution in [3.05, 3.63) is 59.2 Å². The van der Waals surface area contributed by atoms with Crippen LogP contribution in [0.15, 0.2) is 48.0 Å². The van der Waals surface area contributed by atoms with Gasteiger partial charge < -0.3 is 28.8 Å². The van der Waals surface area contributed by atoms with Crippen LogP contribution in [-0.4, -0.2) is 39.1 Å². The van der Waals surface area contributed by atoms with Crippen LogP contribution in [0.25, 0.3) is 0 Å². The zero-order valence-corrected chi connectivity index (χ0v) is 18.5. The van der Waals surface area contributed by atoms with Gasteiger partial charge in [0.2, 0.25) is 0 Å². The number of ether oxygens (including phenoxy) is 5. The topological polar surface area (TPSA) is 66.4 Å². The van der Waals surface area contributed by atoms with Gasteiger partial charge in [-0.15, -0.1) is 0 Å². The Morgan fingerprint density at radius 3 is 2.06 bits per heavy atom. The number of methoxy groups -OCH3 is 2. The lowest BCUT2D eigenvalue weighted by Crippen LogP contribution is -2.14. The Balaban J connectivity index is 1.51. The Hall–Kier alpha value is -2.70. The van der Waals surface area contributed by atoms with E-state index < -0.39 is 0 Å². The summed E-state index contributed by atoms with van der Waals surface area (Å²) in [5, 5.41) is 9.89. The molecule has 2 saturated heterocycles. The zero-order valence-electron chi connectivity index (χ0n) is 18.5. The number of allylic oxidation sites excluding steroid dienone is 1. The minimum atomic E-state index is -0.0851. The first kappa shape index (κ1) is 21.5. The fourth-order valence-electron chi connectivity index (χ4n) is 4.38. The Bertz CT molecular complexity index is 949. The predicted octanol–water partition coefficient (Wildman–Crippen LogP) is 4.83. The maximum Gasteiger partial charge on any atom is 0.161 e. The fraction of sp³-hybridized carbons (Fsp3) is 0.440. The third-order valence-corrected chi connectivity index (χ3v) is 6.04. The Kier molecular flexibility index (Phi) is 6.39. The van der Waals surface area contributed by atoms with E-state index in [1.807, 2.05) is 50.3 Å². The highest BCUT2D eigenvalue weighted by molar-refractivity contribution is 5.45. The Morgan fingerprint density at radius 1 is 0.903 bits per heavy atom. The van der Waals surface area contributed by atoms with Gasteiger partial charge in [0.05, 0.1) is 39.6 Å². The molecule has 4 rings (SSSR count). The molecule has 0 aliphatic carbocycles. The summed E-state index contributed by atoms with van der Waals surface area (Å²) in [5.74, 6) is 2.47. The third kappa shape index (κ3) is 4.36. The predicted molar refractivity (Wildman–Crippen MR) is 117 cm³/mol. The highest BCUT2D eigenvalue weighted by Gasteiger charge is 2.48. The second-order valence-corrected chi connectivity index (χ2v) is 8.27. The van der Waals surface area contributed by atoms with E-state index in [2.05, 4.69) is 0 Å². The standard InChI is InChI=1S/C25H30O6/c1-15(2)9-10-29-21-8-6-17(12-23(21)28-4)25-19-14-30-24(18(19)13-31-25)16-5-7-20(26)22(11-16)27-3/h5-9,11-12,18-19,24-26H,10,13-14H2,1-4H3/t18-,19-,24+,25-/m0/s1. The van der Waals surface area contributed by atoms with Gasteiger partial charge in [0.15, 0.2) is 23.0 Å². The van der Waals surface area contributed by atoms with Gasteiger partial charge in [-0.1, -0.05) is 17.7 Å². The number of benzene rings is 2. The van der Waals surface area contributed by atoms with E-state index in [0.717, 1.165) is 16.9 Å². The largest absolute Gasteiger partial charge is 0.504 e. The van der Waals surface area contributed by atoms with Crippen molar-refractivity contribution in [2.24, 2.45) is 11.8 Å². The number of aromatic hydroxyl groups is 1. The van der Waals surface area contributed by atoms with Crippen molar-refractivity contribution in [1.29, 1.82) is 0 Å². The lowest BCUT2D eigenvalue weighted by molar-refractivity contribution is 0.0191. The molecule has 6 nitrogen and oxygen atoms in total. The van der Waals surface area contributed by atoms with Crippen molar-refractivity contribution in [2.45, 2.75) is 26.1 Å². The van der Waals surface area contributed by atoms with Gasteiger partial charge in [0.25, 0.3) is 0 Å². The van der Waals surface area contributed by atoms with Crippen molar-refractivity contribution in [3.63, 3.8) is 0 Å². The fourth-order valence-corrected chi connectivity index (χ4v) is 4.38. The monoisotopic (exact) mass is 426 g/mol. The third-order valence-electron chi connectivity index (χ3n) is 6.04. The van der Waals surface area contributed by atoms with Crippen LogP contribution in [0.3, 0.4) is 0 Å². The van der Waals surface area contributed by atoms with Gasteiger partial charge in [-0.25, -0.2) is 0 Å². The number of fused-ring (bicyclic) bond motifs is 1. The van der Waals surface area contributed by atoms with Gasteiger partial charge >= 0.3 is 0 Å². The Labute approximate surface area is 183 Å². The van der Waals surface area contributed by atoms with Gasteiger partial charge in [0, 0.05) is 11.8 Å². The van der Waals surface area contributed by atoms with Crippen LogP contribution >= 0.6 is 0 Å². The van der Waals surface area contributed by atoms with Crippen LogP contribution in [0.1, 0.15) is 37.2 Å². The smallest absolute Gasteiger partial charge is 0.161 e. The first-order chi connectivity index (χ1) is 15.0. The van der Waals surface area contributed by atoms with Crippen LogP contribution in [0.2, 0.25) is 0 Å². The van der Waals surface area contributed by atoms with Crippen molar-refractivity contribution in [2.75, 3.05) is 34.0 Å². The van der Waals surface area contributed by atoms with Gasteiger partial charge in [-0.2, -0.15) is 0 Å². The summed E-state index contributed by atoms with van der Waals surface area (Å²) in [6.45, 7) is 5.83. The van der Waals surface area contributed by atoms with Crippen molar-refractivity contribution < 1.29 is 28.8 Å². The van der Waals surface area contributed by atoms with Crippen molar-refractivity contribution in [1.82, 2.24) is 0 Å². The molecular formula is C25H30O6. The normalized spacial score (nSPS) is 24.5. The van der Waals surface area contributed by atoms with E-state index in [1.54, 1.807) is 20.3 Å². The molecule has 2 aromatic carbocycles. The minimum absolute atomic E-state index is 0.0604. The molecule has 0 unspecified atom stereocenters.